The molecule has 6 aliphatic carbocycles. The summed E-state index contributed by atoms with van der Waals surface area (Å²) in [6.45, 7) is 0. The Labute approximate surface area is 172 Å². The lowest BCUT2D eigenvalue weighted by Gasteiger charge is -2.38. The quantitative estimate of drug-likeness (QED) is 0.730. The smallest absolute Gasteiger partial charge is 0.153 e. The summed E-state index contributed by atoms with van der Waals surface area (Å²) in [5.74, 6) is 3.82. The maximum absolute atomic E-state index is 13.6. The van der Waals surface area contributed by atoms with Crippen LogP contribution in [-0.4, -0.2) is 21.6 Å². The van der Waals surface area contributed by atoms with Crippen molar-refractivity contribution in [3.63, 3.8) is 0 Å². The monoisotopic (exact) mass is 404 g/mol. The number of fused-ring (bicyclic) bond motifs is 2. The molecule has 0 amide bonds. The molecule has 140 valence electrons. The Morgan fingerprint density at radius 3 is 2.07 bits per heavy atom. The van der Waals surface area contributed by atoms with E-state index in [-0.39, 0.29) is 21.8 Å². The molecule has 28 heavy (non-hydrogen) atoms. The number of carbonyl (C=O) groups is 2. The van der Waals surface area contributed by atoms with E-state index in [0.717, 1.165) is 11.3 Å². The zero-order valence-corrected chi connectivity index (χ0v) is 16.9. The van der Waals surface area contributed by atoms with E-state index in [0.29, 0.717) is 41.2 Å². The molecule has 8 rings (SSSR count). The highest BCUT2D eigenvalue weighted by Gasteiger charge is 2.92. The van der Waals surface area contributed by atoms with Gasteiger partial charge >= 0.3 is 0 Å². The lowest BCUT2D eigenvalue weighted by molar-refractivity contribution is -0.121. The van der Waals surface area contributed by atoms with Crippen LogP contribution in [0.15, 0.2) is 70.5 Å². The van der Waals surface area contributed by atoms with Gasteiger partial charge in [-0.2, -0.15) is 0 Å². The van der Waals surface area contributed by atoms with Gasteiger partial charge in [0.1, 0.15) is 5.78 Å². The van der Waals surface area contributed by atoms with Crippen LogP contribution in [0.2, 0.25) is 0 Å². The van der Waals surface area contributed by atoms with Gasteiger partial charge in [0, 0.05) is 27.5 Å². The van der Waals surface area contributed by atoms with Crippen LogP contribution >= 0.6 is 23.5 Å². The van der Waals surface area contributed by atoms with Crippen molar-refractivity contribution in [3.8, 4) is 0 Å². The predicted molar refractivity (Wildman–Crippen MR) is 110 cm³/mol. The summed E-state index contributed by atoms with van der Waals surface area (Å²) in [5.41, 5.74) is 0. The van der Waals surface area contributed by atoms with Crippen LogP contribution in [0.3, 0.4) is 0 Å². The molecule has 0 heterocycles. The molecule has 0 aromatic heterocycles. The summed E-state index contributed by atoms with van der Waals surface area (Å²) >= 11 is 3.52. The first-order valence-electron chi connectivity index (χ1n) is 10.3. The second-order valence-electron chi connectivity index (χ2n) is 9.06. The zero-order valence-electron chi connectivity index (χ0n) is 15.2. The van der Waals surface area contributed by atoms with Crippen molar-refractivity contribution in [2.75, 3.05) is 0 Å². The largest absolute Gasteiger partial charge is 0.298 e. The van der Waals surface area contributed by atoms with E-state index in [1.807, 2.05) is 24.3 Å². The third-order valence-corrected chi connectivity index (χ3v) is 10.7. The summed E-state index contributed by atoms with van der Waals surface area (Å²) in [5, 5.41) is -0.0648. The number of carbonyl (C=O) groups excluding carboxylic acids is 2. The van der Waals surface area contributed by atoms with Crippen molar-refractivity contribution in [1.82, 2.24) is 0 Å². The SMILES string of the molecule is O=C1[C@@H](Sc2ccccc2)[C@H]([C@@]2(Sc3ccccc3)C(=O)C3[C@@H]4C2[C@H]34)[C@H]2C[C@@H]12. The van der Waals surface area contributed by atoms with E-state index in [1.54, 1.807) is 23.5 Å². The molecule has 2 aromatic rings. The van der Waals surface area contributed by atoms with Crippen LogP contribution < -0.4 is 0 Å². The summed E-state index contributed by atoms with van der Waals surface area (Å²) in [4.78, 5) is 29.1. The molecular formula is C24H20O2S2. The Bertz CT molecular complexity index is 996. The normalized spacial score (nSPS) is 46.3. The minimum absolute atomic E-state index is 0.0648. The highest BCUT2D eigenvalue weighted by Crippen LogP contribution is 2.88. The molecule has 0 spiro atoms. The van der Waals surface area contributed by atoms with Crippen LogP contribution in [0.4, 0.5) is 0 Å². The third kappa shape index (κ3) is 1.94. The van der Waals surface area contributed by atoms with E-state index in [4.69, 9.17) is 0 Å². The fourth-order valence-corrected chi connectivity index (χ4v) is 9.86. The van der Waals surface area contributed by atoms with E-state index in [9.17, 15) is 9.59 Å². The molecule has 0 radical (unpaired) electrons. The van der Waals surface area contributed by atoms with Gasteiger partial charge in [0.15, 0.2) is 5.78 Å². The Morgan fingerprint density at radius 1 is 0.821 bits per heavy atom. The van der Waals surface area contributed by atoms with Gasteiger partial charge in [-0.05, 0) is 54.4 Å². The topological polar surface area (TPSA) is 34.1 Å². The second-order valence-corrected chi connectivity index (χ2v) is 11.6. The molecule has 2 nitrogen and oxygen atoms in total. The minimum Gasteiger partial charge on any atom is -0.298 e. The number of hydrogen-bond donors (Lipinski definition) is 0. The van der Waals surface area contributed by atoms with E-state index < -0.39 is 0 Å². The Balaban J connectivity index is 1.31. The summed E-state index contributed by atoms with van der Waals surface area (Å²) < 4.78 is -0.362. The van der Waals surface area contributed by atoms with Crippen molar-refractivity contribution < 1.29 is 9.59 Å². The van der Waals surface area contributed by atoms with Gasteiger partial charge in [-0.1, -0.05) is 36.4 Å². The fraction of sp³-hybridized carbons (Fsp3) is 0.417. The number of benzene rings is 2. The van der Waals surface area contributed by atoms with Crippen molar-refractivity contribution in [3.05, 3.63) is 60.7 Å². The molecule has 9 atom stereocenters. The number of Topliss-reactive ketones (excluding diaryl/α,β-unsaturated/α-hetero) is 2. The number of thioether (sulfide) groups is 2. The first-order valence-corrected chi connectivity index (χ1v) is 12.0. The highest BCUT2D eigenvalue weighted by molar-refractivity contribution is 8.02. The summed E-state index contributed by atoms with van der Waals surface area (Å²) in [7, 11) is 0. The molecule has 2 unspecified atom stereocenters. The first-order chi connectivity index (χ1) is 13.7. The molecule has 6 fully saturated rings. The number of rotatable bonds is 5. The Morgan fingerprint density at radius 2 is 1.46 bits per heavy atom. The lowest BCUT2D eigenvalue weighted by Crippen LogP contribution is -2.46. The van der Waals surface area contributed by atoms with Crippen LogP contribution in [0, 0.1) is 41.4 Å². The molecule has 2 aromatic carbocycles. The van der Waals surface area contributed by atoms with Crippen molar-refractivity contribution in [2.24, 2.45) is 41.4 Å². The van der Waals surface area contributed by atoms with Gasteiger partial charge < -0.3 is 0 Å². The fourth-order valence-electron chi connectivity index (χ4n) is 6.49. The molecule has 0 aliphatic heterocycles. The summed E-state index contributed by atoms with van der Waals surface area (Å²) in [6.07, 6.45) is 1.01. The minimum atomic E-state index is -0.362. The maximum Gasteiger partial charge on any atom is 0.153 e. The number of hydrogen-bond acceptors (Lipinski definition) is 4. The van der Waals surface area contributed by atoms with E-state index in [2.05, 4.69) is 36.4 Å². The van der Waals surface area contributed by atoms with E-state index >= 15 is 0 Å². The van der Waals surface area contributed by atoms with Crippen LogP contribution in [0.25, 0.3) is 0 Å². The van der Waals surface area contributed by atoms with Gasteiger partial charge in [0.05, 0.1) is 10.00 Å². The number of ketones is 2. The second kappa shape index (κ2) is 5.34. The van der Waals surface area contributed by atoms with E-state index in [1.165, 1.54) is 4.90 Å². The molecule has 0 N–H and O–H groups in total. The molecule has 2 bridgehead atoms. The average molecular weight is 405 g/mol. The average Bonchev–Trinajstić information content (AvgIpc) is 3.63. The lowest BCUT2D eigenvalue weighted by atomic mass is 9.83. The van der Waals surface area contributed by atoms with Gasteiger partial charge in [-0.3, -0.25) is 9.59 Å². The Kier molecular flexibility index (Phi) is 3.11. The molecule has 6 saturated carbocycles. The van der Waals surface area contributed by atoms with Gasteiger partial charge in [-0.15, -0.1) is 23.5 Å². The van der Waals surface area contributed by atoms with Crippen molar-refractivity contribution >= 4 is 35.1 Å². The predicted octanol–water partition coefficient (Wildman–Crippen LogP) is 4.59. The zero-order chi connectivity index (χ0) is 18.6. The van der Waals surface area contributed by atoms with Crippen molar-refractivity contribution in [2.45, 2.75) is 26.2 Å². The Hall–Kier alpha value is -1.52. The molecular weight excluding hydrogens is 384 g/mol. The summed E-state index contributed by atoms with van der Waals surface area (Å²) in [6, 6.07) is 20.7. The van der Waals surface area contributed by atoms with Crippen LogP contribution in [0.5, 0.6) is 0 Å². The molecule has 6 aliphatic rings. The highest BCUT2D eigenvalue weighted by atomic mass is 32.2. The van der Waals surface area contributed by atoms with Crippen LogP contribution in [-0.2, 0) is 9.59 Å². The van der Waals surface area contributed by atoms with Crippen LogP contribution in [0.1, 0.15) is 6.42 Å². The maximum atomic E-state index is 13.6. The molecule has 4 heteroatoms. The standard InChI is InChI=1S/C24H20O2S2/c25-21-15-11-14(15)19(22(21)27-12-7-3-1-4-8-12)24(28-13-9-5-2-6-10-13)20-16-17(20)18(16)23(24)26/h1-10,14-20,22H,11H2/t14-,15+,16-,17+,18?,19+,20?,22-,24-/m0/s1. The van der Waals surface area contributed by atoms with Crippen molar-refractivity contribution in [1.29, 1.82) is 0 Å². The first kappa shape index (κ1) is 16.3. The van der Waals surface area contributed by atoms with Gasteiger partial charge in [-0.25, -0.2) is 0 Å². The van der Waals surface area contributed by atoms with Gasteiger partial charge in [0.2, 0.25) is 0 Å². The van der Waals surface area contributed by atoms with Gasteiger partial charge in [0.25, 0.3) is 0 Å². The third-order valence-electron chi connectivity index (χ3n) is 7.81. The molecule has 0 saturated heterocycles.